The summed E-state index contributed by atoms with van der Waals surface area (Å²) in [6.45, 7) is 6.86. The first-order chi connectivity index (χ1) is 8.14. The Morgan fingerprint density at radius 3 is 2.35 bits per heavy atom. The van der Waals surface area contributed by atoms with Crippen LogP contribution in [-0.2, 0) is 11.8 Å². The van der Waals surface area contributed by atoms with E-state index in [-0.39, 0.29) is 5.41 Å². The molecule has 0 fully saturated rings. The fourth-order valence-corrected chi connectivity index (χ4v) is 2.99. The highest BCUT2D eigenvalue weighted by Crippen LogP contribution is 2.48. The molecule has 1 aliphatic carbocycles. The van der Waals surface area contributed by atoms with Gasteiger partial charge in [-0.3, -0.25) is 0 Å². The van der Waals surface area contributed by atoms with Gasteiger partial charge in [-0.1, -0.05) is 63.2 Å². The van der Waals surface area contributed by atoms with Crippen LogP contribution < -0.4 is 0 Å². The van der Waals surface area contributed by atoms with Crippen LogP contribution in [0, 0.1) is 0 Å². The predicted octanol–water partition coefficient (Wildman–Crippen LogP) is 4.56. The van der Waals surface area contributed by atoms with Gasteiger partial charge in [0, 0.05) is 5.41 Å². The molecular formula is C17H18. The van der Waals surface area contributed by atoms with E-state index in [4.69, 9.17) is 0 Å². The first kappa shape index (κ1) is 10.6. The van der Waals surface area contributed by atoms with Gasteiger partial charge in [0.1, 0.15) is 0 Å². The molecule has 0 aliphatic heterocycles. The minimum atomic E-state index is 0.151. The van der Waals surface area contributed by atoms with E-state index in [0.717, 1.165) is 6.42 Å². The number of benzene rings is 2. The van der Waals surface area contributed by atoms with Crippen LogP contribution in [0.5, 0.6) is 0 Å². The van der Waals surface area contributed by atoms with Crippen LogP contribution in [-0.4, -0.2) is 0 Å². The van der Waals surface area contributed by atoms with Crippen molar-refractivity contribution in [3.05, 3.63) is 59.2 Å². The largest absolute Gasteiger partial charge is 0.0619 e. The smallest absolute Gasteiger partial charge is 0.0158 e. The van der Waals surface area contributed by atoms with Crippen molar-refractivity contribution < 1.29 is 0 Å². The van der Waals surface area contributed by atoms with Crippen LogP contribution in [0.15, 0.2) is 42.5 Å². The maximum absolute atomic E-state index is 2.36. The average molecular weight is 222 g/mol. The fourth-order valence-electron chi connectivity index (χ4n) is 2.99. The Balaban J connectivity index is 2.33. The molecule has 0 heterocycles. The highest BCUT2D eigenvalue weighted by atomic mass is 14.4. The second kappa shape index (κ2) is 3.46. The minimum absolute atomic E-state index is 0.151. The van der Waals surface area contributed by atoms with Crippen LogP contribution in [0.1, 0.15) is 37.5 Å². The van der Waals surface area contributed by atoms with E-state index in [0.29, 0.717) is 0 Å². The standard InChI is InChI=1S/C17H18/c1-4-12-9-10-16-14(11-12)13-7-5-6-8-15(13)17(16,2)3/h5-11H,4H2,1-3H3. The molecule has 0 saturated carbocycles. The summed E-state index contributed by atoms with van der Waals surface area (Å²) in [7, 11) is 0. The van der Waals surface area contributed by atoms with Crippen molar-refractivity contribution in [3.63, 3.8) is 0 Å². The van der Waals surface area contributed by atoms with Crippen molar-refractivity contribution in [2.75, 3.05) is 0 Å². The van der Waals surface area contributed by atoms with Gasteiger partial charge in [0.25, 0.3) is 0 Å². The molecule has 0 unspecified atom stereocenters. The van der Waals surface area contributed by atoms with E-state index in [9.17, 15) is 0 Å². The third-order valence-electron chi connectivity index (χ3n) is 4.06. The molecule has 0 saturated heterocycles. The molecule has 2 aromatic carbocycles. The molecule has 17 heavy (non-hydrogen) atoms. The Bertz CT molecular complexity index is 576. The first-order valence-electron chi connectivity index (χ1n) is 6.38. The maximum Gasteiger partial charge on any atom is 0.0158 e. The molecular weight excluding hydrogens is 204 g/mol. The van der Waals surface area contributed by atoms with Gasteiger partial charge in [0.2, 0.25) is 0 Å². The summed E-state index contributed by atoms with van der Waals surface area (Å²) in [5, 5.41) is 0. The third-order valence-corrected chi connectivity index (χ3v) is 4.06. The van der Waals surface area contributed by atoms with Gasteiger partial charge >= 0.3 is 0 Å². The van der Waals surface area contributed by atoms with E-state index >= 15 is 0 Å². The second-order valence-electron chi connectivity index (χ2n) is 5.40. The summed E-state index contributed by atoms with van der Waals surface area (Å²) < 4.78 is 0. The average Bonchev–Trinajstić information content (AvgIpc) is 2.59. The zero-order valence-electron chi connectivity index (χ0n) is 10.7. The molecule has 0 heteroatoms. The van der Waals surface area contributed by atoms with Crippen LogP contribution in [0.4, 0.5) is 0 Å². The quantitative estimate of drug-likeness (QED) is 0.663. The zero-order valence-corrected chi connectivity index (χ0v) is 10.7. The van der Waals surface area contributed by atoms with E-state index in [2.05, 4.69) is 63.2 Å². The third kappa shape index (κ3) is 1.37. The van der Waals surface area contributed by atoms with Crippen LogP contribution in [0.3, 0.4) is 0 Å². The number of hydrogen-bond acceptors (Lipinski definition) is 0. The van der Waals surface area contributed by atoms with Gasteiger partial charge < -0.3 is 0 Å². The summed E-state index contributed by atoms with van der Waals surface area (Å²) in [5.41, 5.74) is 7.36. The van der Waals surface area contributed by atoms with Gasteiger partial charge in [-0.25, -0.2) is 0 Å². The summed E-state index contributed by atoms with van der Waals surface area (Å²) >= 11 is 0. The summed E-state index contributed by atoms with van der Waals surface area (Å²) in [5.74, 6) is 0. The lowest BCUT2D eigenvalue weighted by Crippen LogP contribution is -2.14. The molecule has 0 bridgehead atoms. The number of hydrogen-bond donors (Lipinski definition) is 0. The number of rotatable bonds is 1. The number of fused-ring (bicyclic) bond motifs is 3. The molecule has 0 amide bonds. The Labute approximate surface area is 103 Å². The lowest BCUT2D eigenvalue weighted by Gasteiger charge is -2.21. The molecule has 0 nitrogen and oxygen atoms in total. The Kier molecular flexibility index (Phi) is 2.16. The van der Waals surface area contributed by atoms with Crippen molar-refractivity contribution in [1.29, 1.82) is 0 Å². The fraction of sp³-hybridized carbons (Fsp3) is 0.294. The summed E-state index contributed by atoms with van der Waals surface area (Å²) in [6, 6.07) is 15.8. The lowest BCUT2D eigenvalue weighted by molar-refractivity contribution is 0.660. The topological polar surface area (TPSA) is 0 Å². The van der Waals surface area contributed by atoms with E-state index < -0.39 is 0 Å². The van der Waals surface area contributed by atoms with E-state index in [1.165, 1.54) is 27.8 Å². The molecule has 0 atom stereocenters. The highest BCUT2D eigenvalue weighted by Gasteiger charge is 2.34. The number of aryl methyl sites for hydroxylation is 1. The van der Waals surface area contributed by atoms with Gasteiger partial charge in [0.05, 0.1) is 0 Å². The molecule has 3 rings (SSSR count). The lowest BCUT2D eigenvalue weighted by atomic mass is 9.82. The molecule has 0 spiro atoms. The van der Waals surface area contributed by atoms with Crippen molar-refractivity contribution in [2.45, 2.75) is 32.6 Å². The normalized spacial score (nSPS) is 15.5. The zero-order chi connectivity index (χ0) is 12.0. The van der Waals surface area contributed by atoms with Crippen LogP contribution >= 0.6 is 0 Å². The van der Waals surface area contributed by atoms with Crippen molar-refractivity contribution >= 4 is 0 Å². The van der Waals surface area contributed by atoms with Crippen molar-refractivity contribution in [3.8, 4) is 11.1 Å². The monoisotopic (exact) mass is 222 g/mol. The molecule has 0 aromatic heterocycles. The van der Waals surface area contributed by atoms with Gasteiger partial charge in [-0.15, -0.1) is 0 Å². The summed E-state index contributed by atoms with van der Waals surface area (Å²) in [4.78, 5) is 0. The van der Waals surface area contributed by atoms with Crippen molar-refractivity contribution in [2.24, 2.45) is 0 Å². The Morgan fingerprint density at radius 2 is 1.59 bits per heavy atom. The first-order valence-corrected chi connectivity index (χ1v) is 6.38. The van der Waals surface area contributed by atoms with Gasteiger partial charge in [0.15, 0.2) is 0 Å². The molecule has 1 aliphatic rings. The highest BCUT2D eigenvalue weighted by molar-refractivity contribution is 5.81. The van der Waals surface area contributed by atoms with Crippen LogP contribution in [0.2, 0.25) is 0 Å². The molecule has 0 N–H and O–H groups in total. The summed E-state index contributed by atoms with van der Waals surface area (Å²) in [6.07, 6.45) is 1.11. The van der Waals surface area contributed by atoms with E-state index in [1.54, 1.807) is 0 Å². The SMILES string of the molecule is CCc1ccc2c(c1)-c1ccccc1C2(C)C. The Hall–Kier alpha value is -1.56. The Morgan fingerprint density at radius 1 is 0.882 bits per heavy atom. The van der Waals surface area contributed by atoms with Gasteiger partial charge in [-0.2, -0.15) is 0 Å². The predicted molar refractivity (Wildman–Crippen MR) is 73.4 cm³/mol. The maximum atomic E-state index is 2.36. The minimum Gasteiger partial charge on any atom is -0.0619 e. The molecule has 86 valence electrons. The van der Waals surface area contributed by atoms with Crippen molar-refractivity contribution in [1.82, 2.24) is 0 Å². The molecule has 2 aromatic rings. The van der Waals surface area contributed by atoms with E-state index in [1.807, 2.05) is 0 Å². The second-order valence-corrected chi connectivity index (χ2v) is 5.40. The molecule has 0 radical (unpaired) electrons. The van der Waals surface area contributed by atoms with Crippen LogP contribution in [0.25, 0.3) is 11.1 Å². The van der Waals surface area contributed by atoms with Gasteiger partial charge in [-0.05, 0) is 34.2 Å².